The van der Waals surface area contributed by atoms with Gasteiger partial charge in [0.05, 0.1) is 22.6 Å². The SMILES string of the molecule is Cc1cc2ncnc(N3CC(n4c(C)nc5ccccc54)C3)c2[nH]1. The van der Waals surface area contributed by atoms with Crippen LogP contribution in [0.25, 0.3) is 22.1 Å². The Morgan fingerprint density at radius 2 is 1.92 bits per heavy atom. The number of aromatic nitrogens is 5. The number of para-hydroxylation sites is 2. The second kappa shape index (κ2) is 4.80. The molecule has 6 heteroatoms. The molecular formula is C18H18N6. The maximum absolute atomic E-state index is 4.68. The van der Waals surface area contributed by atoms with Crippen LogP contribution in [0, 0.1) is 13.8 Å². The number of fused-ring (bicyclic) bond motifs is 2. The van der Waals surface area contributed by atoms with Gasteiger partial charge in [-0.2, -0.15) is 0 Å². The zero-order valence-electron chi connectivity index (χ0n) is 13.7. The van der Waals surface area contributed by atoms with E-state index in [9.17, 15) is 0 Å². The number of anilines is 1. The largest absolute Gasteiger partial charge is 0.354 e. The number of aryl methyl sites for hydroxylation is 2. The van der Waals surface area contributed by atoms with Gasteiger partial charge in [0.1, 0.15) is 17.7 Å². The second-order valence-electron chi connectivity index (χ2n) is 6.49. The fourth-order valence-corrected chi connectivity index (χ4v) is 3.71. The molecule has 1 aromatic carbocycles. The van der Waals surface area contributed by atoms with Crippen molar-refractivity contribution in [2.45, 2.75) is 19.9 Å². The van der Waals surface area contributed by atoms with E-state index >= 15 is 0 Å². The molecule has 24 heavy (non-hydrogen) atoms. The van der Waals surface area contributed by atoms with Gasteiger partial charge in [0.2, 0.25) is 0 Å². The van der Waals surface area contributed by atoms with Crippen LogP contribution in [0.2, 0.25) is 0 Å². The maximum Gasteiger partial charge on any atom is 0.156 e. The molecule has 0 unspecified atom stereocenters. The van der Waals surface area contributed by atoms with Crippen LogP contribution in [0.15, 0.2) is 36.7 Å². The lowest BCUT2D eigenvalue weighted by atomic mass is 10.1. The average molecular weight is 318 g/mol. The van der Waals surface area contributed by atoms with Crippen molar-refractivity contribution in [3.05, 3.63) is 48.2 Å². The summed E-state index contributed by atoms with van der Waals surface area (Å²) in [7, 11) is 0. The molecule has 1 aliphatic rings. The Bertz CT molecular complexity index is 1050. The number of nitrogens with zero attached hydrogens (tertiary/aromatic N) is 5. The zero-order chi connectivity index (χ0) is 16.3. The molecule has 0 spiro atoms. The van der Waals surface area contributed by atoms with Crippen molar-refractivity contribution in [3.63, 3.8) is 0 Å². The van der Waals surface area contributed by atoms with Gasteiger partial charge in [-0.1, -0.05) is 12.1 Å². The molecule has 0 amide bonds. The van der Waals surface area contributed by atoms with Gasteiger partial charge < -0.3 is 14.5 Å². The Morgan fingerprint density at radius 3 is 2.79 bits per heavy atom. The van der Waals surface area contributed by atoms with Gasteiger partial charge in [0.25, 0.3) is 0 Å². The van der Waals surface area contributed by atoms with Crippen molar-refractivity contribution in [1.29, 1.82) is 0 Å². The minimum Gasteiger partial charge on any atom is -0.354 e. The molecule has 120 valence electrons. The Kier molecular flexibility index (Phi) is 2.71. The summed E-state index contributed by atoms with van der Waals surface area (Å²) in [6.45, 7) is 6.00. The summed E-state index contributed by atoms with van der Waals surface area (Å²) in [5.74, 6) is 2.07. The quantitative estimate of drug-likeness (QED) is 0.617. The molecule has 0 atom stereocenters. The molecule has 6 nitrogen and oxygen atoms in total. The third kappa shape index (κ3) is 1.86. The molecular weight excluding hydrogens is 300 g/mol. The van der Waals surface area contributed by atoms with E-state index in [-0.39, 0.29) is 0 Å². The van der Waals surface area contributed by atoms with Crippen LogP contribution in [0.4, 0.5) is 5.82 Å². The van der Waals surface area contributed by atoms with Crippen molar-refractivity contribution in [2.75, 3.05) is 18.0 Å². The first-order valence-electron chi connectivity index (χ1n) is 8.19. The number of benzene rings is 1. The minimum absolute atomic E-state index is 0.429. The van der Waals surface area contributed by atoms with Gasteiger partial charge in [-0.25, -0.2) is 15.0 Å². The Balaban J connectivity index is 1.48. The molecule has 1 N–H and O–H groups in total. The highest BCUT2D eigenvalue weighted by atomic mass is 15.3. The second-order valence-corrected chi connectivity index (χ2v) is 6.49. The number of aromatic amines is 1. The van der Waals surface area contributed by atoms with Crippen molar-refractivity contribution in [2.24, 2.45) is 0 Å². The Morgan fingerprint density at radius 1 is 1.08 bits per heavy atom. The number of hydrogen-bond donors (Lipinski definition) is 1. The monoisotopic (exact) mass is 318 g/mol. The molecule has 0 radical (unpaired) electrons. The van der Waals surface area contributed by atoms with Crippen LogP contribution >= 0.6 is 0 Å². The third-order valence-corrected chi connectivity index (χ3v) is 4.83. The highest BCUT2D eigenvalue weighted by Crippen LogP contribution is 2.33. The number of rotatable bonds is 2. The topological polar surface area (TPSA) is 62.6 Å². The van der Waals surface area contributed by atoms with Gasteiger partial charge in [0.15, 0.2) is 5.82 Å². The van der Waals surface area contributed by atoms with Gasteiger partial charge in [-0.3, -0.25) is 0 Å². The summed E-state index contributed by atoms with van der Waals surface area (Å²) in [6.07, 6.45) is 1.65. The van der Waals surface area contributed by atoms with Crippen LogP contribution in [0.5, 0.6) is 0 Å². The Hall–Kier alpha value is -2.89. The average Bonchev–Trinajstić information content (AvgIpc) is 3.06. The molecule has 4 heterocycles. The van der Waals surface area contributed by atoms with Crippen molar-refractivity contribution < 1.29 is 0 Å². The number of H-pyrrole nitrogens is 1. The van der Waals surface area contributed by atoms with Gasteiger partial charge in [-0.05, 0) is 32.0 Å². The third-order valence-electron chi connectivity index (χ3n) is 4.83. The van der Waals surface area contributed by atoms with Gasteiger partial charge in [-0.15, -0.1) is 0 Å². The van der Waals surface area contributed by atoms with Crippen molar-refractivity contribution in [1.82, 2.24) is 24.5 Å². The molecule has 4 aromatic rings. The van der Waals surface area contributed by atoms with Crippen LogP contribution in [-0.4, -0.2) is 37.6 Å². The molecule has 0 aliphatic carbocycles. The molecule has 1 fully saturated rings. The first kappa shape index (κ1) is 13.5. The number of hydrogen-bond acceptors (Lipinski definition) is 4. The van der Waals surface area contributed by atoms with Crippen LogP contribution in [0.1, 0.15) is 17.6 Å². The summed E-state index contributed by atoms with van der Waals surface area (Å²) in [6, 6.07) is 10.8. The molecule has 5 rings (SSSR count). The molecule has 3 aromatic heterocycles. The van der Waals surface area contributed by atoms with E-state index in [1.807, 2.05) is 13.0 Å². The predicted molar refractivity (Wildman–Crippen MR) is 94.3 cm³/mol. The van der Waals surface area contributed by atoms with Gasteiger partial charge in [0, 0.05) is 18.8 Å². The standard InChI is InChI=1S/C18H18N6/c1-11-7-15-17(21-11)18(20-10-19-15)23-8-13(9-23)24-12(2)22-14-5-3-4-6-16(14)24/h3-7,10,13,21H,8-9H2,1-2H3. The minimum atomic E-state index is 0.429. The fraction of sp³-hybridized carbons (Fsp3) is 0.278. The summed E-state index contributed by atoms with van der Waals surface area (Å²) in [4.78, 5) is 19.2. The summed E-state index contributed by atoms with van der Waals surface area (Å²) < 4.78 is 2.35. The van der Waals surface area contributed by atoms with Gasteiger partial charge >= 0.3 is 0 Å². The summed E-state index contributed by atoms with van der Waals surface area (Å²) >= 11 is 0. The zero-order valence-corrected chi connectivity index (χ0v) is 13.7. The van der Waals surface area contributed by atoms with E-state index in [1.165, 1.54) is 5.52 Å². The maximum atomic E-state index is 4.68. The lowest BCUT2D eigenvalue weighted by Crippen LogP contribution is -2.48. The van der Waals surface area contributed by atoms with Crippen LogP contribution < -0.4 is 4.90 Å². The van der Waals surface area contributed by atoms with E-state index in [4.69, 9.17) is 0 Å². The summed E-state index contributed by atoms with van der Waals surface area (Å²) in [5.41, 5.74) is 5.40. The molecule has 0 bridgehead atoms. The molecule has 1 aliphatic heterocycles. The summed E-state index contributed by atoms with van der Waals surface area (Å²) in [5, 5.41) is 0. The first-order valence-corrected chi connectivity index (χ1v) is 8.19. The number of nitrogens with one attached hydrogen (secondary N) is 1. The van der Waals surface area contributed by atoms with E-state index in [2.05, 4.69) is 60.6 Å². The lowest BCUT2D eigenvalue weighted by Gasteiger charge is -2.41. The van der Waals surface area contributed by atoms with E-state index in [1.54, 1.807) is 6.33 Å². The van der Waals surface area contributed by atoms with E-state index in [0.29, 0.717) is 6.04 Å². The highest BCUT2D eigenvalue weighted by Gasteiger charge is 2.32. The fourth-order valence-electron chi connectivity index (χ4n) is 3.71. The molecule has 1 saturated heterocycles. The number of imidazole rings is 1. The van der Waals surface area contributed by atoms with Crippen LogP contribution in [-0.2, 0) is 0 Å². The van der Waals surface area contributed by atoms with Crippen LogP contribution in [0.3, 0.4) is 0 Å². The molecule has 0 saturated carbocycles. The van der Waals surface area contributed by atoms with Crippen molar-refractivity contribution >= 4 is 27.9 Å². The first-order chi connectivity index (χ1) is 11.7. The highest BCUT2D eigenvalue weighted by molar-refractivity contribution is 5.87. The Labute approximate surface area is 139 Å². The lowest BCUT2D eigenvalue weighted by molar-refractivity contribution is 0.400. The predicted octanol–water partition coefficient (Wildman–Crippen LogP) is 2.99. The normalized spacial score (nSPS) is 15.3. The van der Waals surface area contributed by atoms with Crippen molar-refractivity contribution in [3.8, 4) is 0 Å². The van der Waals surface area contributed by atoms with E-state index in [0.717, 1.165) is 47.0 Å². The smallest absolute Gasteiger partial charge is 0.156 e. The van der Waals surface area contributed by atoms with E-state index < -0.39 is 0 Å².